The van der Waals surface area contributed by atoms with Crippen molar-refractivity contribution in [3.05, 3.63) is 114 Å². The molecule has 0 aromatic heterocycles. The summed E-state index contributed by atoms with van der Waals surface area (Å²) in [5, 5.41) is 12.2. The van der Waals surface area contributed by atoms with E-state index in [1.54, 1.807) is 36.4 Å². The first-order valence-corrected chi connectivity index (χ1v) is 14.8. The van der Waals surface area contributed by atoms with E-state index in [0.717, 1.165) is 57.1 Å². The molecular weight excluding hydrogens is 567 g/mol. The number of unbranched alkanes of at least 4 members (excludes halogenated alkanes) is 5. The van der Waals surface area contributed by atoms with E-state index >= 15 is 0 Å². The number of carboxylic acids is 1. The molecule has 5 nitrogen and oxygen atoms in total. The lowest BCUT2D eigenvalue weighted by Gasteiger charge is -2.19. The van der Waals surface area contributed by atoms with E-state index in [-0.39, 0.29) is 28.3 Å². The molecule has 0 aliphatic heterocycles. The molecule has 0 heterocycles. The van der Waals surface area contributed by atoms with Gasteiger partial charge in [0, 0.05) is 23.2 Å². The SMILES string of the molecule is O=C(O)COc1c(-c2ccccc2)cc(C(=O)NCCCCCCCCc2ccccc2)cc1-c1cccc(C(F)(F)F)c1. The number of benzene rings is 4. The van der Waals surface area contributed by atoms with Crippen LogP contribution in [0.25, 0.3) is 22.3 Å². The fourth-order valence-electron chi connectivity index (χ4n) is 5.07. The van der Waals surface area contributed by atoms with Crippen molar-refractivity contribution in [3.63, 3.8) is 0 Å². The zero-order chi connectivity index (χ0) is 31.4. The van der Waals surface area contributed by atoms with Crippen molar-refractivity contribution in [2.24, 2.45) is 0 Å². The summed E-state index contributed by atoms with van der Waals surface area (Å²) in [5.74, 6) is -1.53. The maximum Gasteiger partial charge on any atom is 0.416 e. The predicted molar refractivity (Wildman–Crippen MR) is 166 cm³/mol. The zero-order valence-corrected chi connectivity index (χ0v) is 24.4. The maximum atomic E-state index is 13.6. The average molecular weight is 604 g/mol. The summed E-state index contributed by atoms with van der Waals surface area (Å²) >= 11 is 0. The van der Waals surface area contributed by atoms with Crippen LogP contribution in [0.15, 0.2) is 97.1 Å². The first kappa shape index (κ1) is 32.3. The highest BCUT2D eigenvalue weighted by Crippen LogP contribution is 2.42. The molecule has 0 unspecified atom stereocenters. The van der Waals surface area contributed by atoms with Gasteiger partial charge in [0.15, 0.2) is 6.61 Å². The van der Waals surface area contributed by atoms with E-state index < -0.39 is 24.3 Å². The summed E-state index contributed by atoms with van der Waals surface area (Å²) < 4.78 is 46.4. The summed E-state index contributed by atoms with van der Waals surface area (Å²) in [5.41, 5.74) is 2.10. The summed E-state index contributed by atoms with van der Waals surface area (Å²) in [7, 11) is 0. The number of aliphatic carboxylic acids is 1. The summed E-state index contributed by atoms with van der Waals surface area (Å²) in [6, 6.07) is 27.0. The Kier molecular flexibility index (Phi) is 11.6. The number of nitrogens with one attached hydrogen (secondary N) is 1. The number of ether oxygens (including phenoxy) is 1. The lowest BCUT2D eigenvalue weighted by Crippen LogP contribution is -2.24. The van der Waals surface area contributed by atoms with Crippen molar-refractivity contribution < 1.29 is 32.6 Å². The number of halogens is 3. The van der Waals surface area contributed by atoms with E-state index in [4.69, 9.17) is 4.74 Å². The number of amides is 1. The highest BCUT2D eigenvalue weighted by atomic mass is 19.4. The molecule has 0 saturated heterocycles. The normalized spacial score (nSPS) is 11.2. The fraction of sp³-hybridized carbons (Fsp3) is 0.278. The third-order valence-corrected chi connectivity index (χ3v) is 7.30. The number of carboxylic acid groups (broad SMARTS) is 1. The second-order valence-corrected chi connectivity index (χ2v) is 10.6. The Bertz CT molecular complexity index is 1520. The monoisotopic (exact) mass is 603 g/mol. The van der Waals surface area contributed by atoms with E-state index in [9.17, 15) is 27.9 Å². The first-order chi connectivity index (χ1) is 21.2. The summed E-state index contributed by atoms with van der Waals surface area (Å²) in [6.45, 7) is -0.247. The fourth-order valence-corrected chi connectivity index (χ4v) is 5.07. The molecule has 0 spiro atoms. The largest absolute Gasteiger partial charge is 0.481 e. The van der Waals surface area contributed by atoms with Crippen LogP contribution < -0.4 is 10.1 Å². The van der Waals surface area contributed by atoms with Gasteiger partial charge in [-0.1, -0.05) is 98.5 Å². The molecule has 4 rings (SSSR count). The minimum atomic E-state index is -4.59. The number of hydrogen-bond acceptors (Lipinski definition) is 3. The molecule has 0 atom stereocenters. The molecule has 0 bridgehead atoms. The lowest BCUT2D eigenvalue weighted by atomic mass is 9.93. The van der Waals surface area contributed by atoms with Crippen LogP contribution in [0.3, 0.4) is 0 Å². The van der Waals surface area contributed by atoms with Gasteiger partial charge in [0.25, 0.3) is 5.91 Å². The van der Waals surface area contributed by atoms with E-state index in [1.807, 2.05) is 6.07 Å². The van der Waals surface area contributed by atoms with E-state index in [0.29, 0.717) is 17.7 Å². The summed E-state index contributed by atoms with van der Waals surface area (Å²) in [4.78, 5) is 24.7. The Morgan fingerprint density at radius 3 is 1.95 bits per heavy atom. The molecular formula is C36H36F3NO4. The number of rotatable bonds is 15. The van der Waals surface area contributed by atoms with Crippen molar-refractivity contribution in [2.75, 3.05) is 13.2 Å². The molecule has 0 saturated carbocycles. The molecule has 1 amide bonds. The molecule has 4 aromatic carbocycles. The minimum absolute atomic E-state index is 0.0849. The topological polar surface area (TPSA) is 75.6 Å². The second-order valence-electron chi connectivity index (χ2n) is 10.6. The molecule has 0 aliphatic rings. The lowest BCUT2D eigenvalue weighted by molar-refractivity contribution is -0.139. The van der Waals surface area contributed by atoms with Crippen molar-refractivity contribution >= 4 is 11.9 Å². The van der Waals surface area contributed by atoms with Crippen LogP contribution >= 0.6 is 0 Å². The quantitative estimate of drug-likeness (QED) is 0.133. The van der Waals surface area contributed by atoms with Crippen molar-refractivity contribution in [1.29, 1.82) is 0 Å². The smallest absolute Gasteiger partial charge is 0.416 e. The van der Waals surface area contributed by atoms with Gasteiger partial charge in [0.2, 0.25) is 0 Å². The van der Waals surface area contributed by atoms with Crippen LogP contribution in [-0.4, -0.2) is 30.1 Å². The molecule has 230 valence electrons. The van der Waals surface area contributed by atoms with Gasteiger partial charge in [-0.2, -0.15) is 13.2 Å². The number of carbonyl (C=O) groups excluding carboxylic acids is 1. The van der Waals surface area contributed by atoms with E-state index in [2.05, 4.69) is 29.6 Å². The van der Waals surface area contributed by atoms with Gasteiger partial charge in [0.1, 0.15) is 5.75 Å². The van der Waals surface area contributed by atoms with Gasteiger partial charge < -0.3 is 15.2 Å². The predicted octanol–water partition coefficient (Wildman–Crippen LogP) is 8.82. The van der Waals surface area contributed by atoms with Gasteiger partial charge in [-0.25, -0.2) is 4.79 Å². The van der Waals surface area contributed by atoms with Crippen molar-refractivity contribution in [2.45, 2.75) is 51.1 Å². The average Bonchev–Trinajstić information content (AvgIpc) is 3.03. The molecule has 8 heteroatoms. The molecule has 0 aliphatic carbocycles. The molecule has 2 N–H and O–H groups in total. The minimum Gasteiger partial charge on any atom is -0.481 e. The van der Waals surface area contributed by atoms with Crippen LogP contribution in [-0.2, 0) is 17.4 Å². The van der Waals surface area contributed by atoms with Crippen molar-refractivity contribution in [1.82, 2.24) is 5.32 Å². The van der Waals surface area contributed by atoms with Gasteiger partial charge in [-0.3, -0.25) is 4.79 Å². The Labute approximate surface area is 255 Å². The maximum absolute atomic E-state index is 13.6. The van der Waals surface area contributed by atoms with Crippen LogP contribution in [0.4, 0.5) is 13.2 Å². The van der Waals surface area contributed by atoms with Crippen LogP contribution in [0, 0.1) is 0 Å². The summed E-state index contributed by atoms with van der Waals surface area (Å²) in [6.07, 6.45) is 2.75. The zero-order valence-electron chi connectivity index (χ0n) is 24.4. The molecule has 44 heavy (non-hydrogen) atoms. The third-order valence-electron chi connectivity index (χ3n) is 7.30. The molecule has 0 fully saturated rings. The second kappa shape index (κ2) is 15.8. The third kappa shape index (κ3) is 9.46. The van der Waals surface area contributed by atoms with Gasteiger partial charge in [-0.05, 0) is 60.2 Å². The van der Waals surface area contributed by atoms with Crippen molar-refractivity contribution in [3.8, 4) is 28.0 Å². The van der Waals surface area contributed by atoms with Crippen LogP contribution in [0.1, 0.15) is 60.0 Å². The Morgan fingerprint density at radius 2 is 1.30 bits per heavy atom. The van der Waals surface area contributed by atoms with Crippen LogP contribution in [0.2, 0.25) is 0 Å². The van der Waals surface area contributed by atoms with E-state index in [1.165, 1.54) is 23.8 Å². The number of alkyl halides is 3. The van der Waals surface area contributed by atoms with Gasteiger partial charge >= 0.3 is 12.1 Å². The number of carbonyl (C=O) groups is 2. The first-order valence-electron chi connectivity index (χ1n) is 14.8. The highest BCUT2D eigenvalue weighted by Gasteiger charge is 2.31. The van der Waals surface area contributed by atoms with Gasteiger partial charge in [-0.15, -0.1) is 0 Å². The number of aryl methyl sites for hydroxylation is 1. The molecule has 4 aromatic rings. The highest BCUT2D eigenvalue weighted by molar-refractivity contribution is 5.99. The van der Waals surface area contributed by atoms with Crippen LogP contribution in [0.5, 0.6) is 5.75 Å². The Hall–Kier alpha value is -4.59. The van der Waals surface area contributed by atoms with Gasteiger partial charge in [0.05, 0.1) is 5.56 Å². The molecule has 0 radical (unpaired) electrons. The number of hydrogen-bond donors (Lipinski definition) is 2. The standard InChI is InChI=1S/C36H36F3NO4/c37-36(38,39)30-20-13-19-28(22-30)32-24-29(23-31(27-17-10-6-11-18-27)34(32)44-25-33(41)42)35(43)40-21-12-4-2-1-3-7-14-26-15-8-5-9-16-26/h5-6,8-11,13,15-20,22-24H,1-4,7,12,14,21,25H2,(H,40,43)(H,41,42). The Morgan fingerprint density at radius 1 is 0.705 bits per heavy atom. The Balaban J connectivity index is 1.48.